The summed E-state index contributed by atoms with van der Waals surface area (Å²) in [4.78, 5) is 24.6. The molecule has 3 aromatic carbocycles. The summed E-state index contributed by atoms with van der Waals surface area (Å²) in [6, 6.07) is 19.6. The summed E-state index contributed by atoms with van der Waals surface area (Å²) in [5.74, 6) is 0.606. The first-order chi connectivity index (χ1) is 15.5. The van der Waals surface area contributed by atoms with Crippen LogP contribution in [-0.2, 0) is 13.2 Å². The van der Waals surface area contributed by atoms with Gasteiger partial charge < -0.3 is 20.1 Å². The number of rotatable bonds is 9. The summed E-state index contributed by atoms with van der Waals surface area (Å²) in [5, 5.41) is 6.30. The highest BCUT2D eigenvalue weighted by Crippen LogP contribution is 2.29. The first-order valence-electron chi connectivity index (χ1n) is 10.2. The minimum Gasteiger partial charge on any atom is -0.493 e. The van der Waals surface area contributed by atoms with Crippen molar-refractivity contribution >= 4 is 23.4 Å². The predicted molar refractivity (Wildman–Crippen MR) is 124 cm³/mol. The van der Waals surface area contributed by atoms with Crippen molar-refractivity contribution in [2.75, 3.05) is 13.7 Å². The van der Waals surface area contributed by atoms with Gasteiger partial charge >= 0.3 is 0 Å². The summed E-state index contributed by atoms with van der Waals surface area (Å²) in [7, 11) is 1.53. The van der Waals surface area contributed by atoms with Gasteiger partial charge in [0.2, 0.25) is 0 Å². The van der Waals surface area contributed by atoms with Gasteiger partial charge in [0.05, 0.1) is 7.11 Å². The molecule has 3 aromatic rings. The standard InChI is InChI=1S/C25H25ClN2O4/c1-3-27-24(29)19-6-4-5-18(13-19)15-28-25(30)20-9-12-22(23(14-20)31-2)32-16-17-7-10-21(26)11-8-17/h4-14H,3,15-16H2,1-2H3,(H,27,29)(H,28,30). The highest BCUT2D eigenvalue weighted by atomic mass is 35.5. The molecule has 0 aliphatic rings. The minimum absolute atomic E-state index is 0.139. The molecule has 0 saturated heterocycles. The first kappa shape index (κ1) is 23.2. The second kappa shape index (κ2) is 11.2. The van der Waals surface area contributed by atoms with Crippen molar-refractivity contribution in [3.8, 4) is 11.5 Å². The number of hydrogen-bond donors (Lipinski definition) is 2. The Hall–Kier alpha value is -3.51. The lowest BCUT2D eigenvalue weighted by Gasteiger charge is -2.13. The third kappa shape index (κ3) is 6.25. The fraction of sp³-hybridized carbons (Fsp3) is 0.200. The van der Waals surface area contributed by atoms with Crippen LogP contribution in [0.25, 0.3) is 0 Å². The third-order valence-electron chi connectivity index (χ3n) is 4.71. The van der Waals surface area contributed by atoms with E-state index in [0.29, 0.717) is 47.3 Å². The molecule has 2 N–H and O–H groups in total. The number of carbonyl (C=O) groups is 2. The van der Waals surface area contributed by atoms with Crippen LogP contribution in [0.5, 0.6) is 11.5 Å². The summed E-state index contributed by atoms with van der Waals surface area (Å²) >= 11 is 5.91. The van der Waals surface area contributed by atoms with E-state index in [1.807, 2.05) is 25.1 Å². The molecule has 166 valence electrons. The maximum absolute atomic E-state index is 12.6. The van der Waals surface area contributed by atoms with Gasteiger partial charge in [0.15, 0.2) is 11.5 Å². The van der Waals surface area contributed by atoms with Gasteiger partial charge in [-0.2, -0.15) is 0 Å². The van der Waals surface area contributed by atoms with Crippen LogP contribution in [-0.4, -0.2) is 25.5 Å². The first-order valence-corrected chi connectivity index (χ1v) is 10.6. The van der Waals surface area contributed by atoms with Crippen molar-refractivity contribution < 1.29 is 19.1 Å². The van der Waals surface area contributed by atoms with Gasteiger partial charge in [0.1, 0.15) is 6.61 Å². The quantitative estimate of drug-likeness (QED) is 0.497. The zero-order valence-corrected chi connectivity index (χ0v) is 18.7. The Morgan fingerprint density at radius 2 is 1.56 bits per heavy atom. The monoisotopic (exact) mass is 452 g/mol. The molecular weight excluding hydrogens is 428 g/mol. The second-order valence-corrected chi connectivity index (χ2v) is 7.46. The largest absolute Gasteiger partial charge is 0.493 e. The van der Waals surface area contributed by atoms with Crippen molar-refractivity contribution in [1.29, 1.82) is 0 Å². The van der Waals surface area contributed by atoms with Gasteiger partial charge in [-0.15, -0.1) is 0 Å². The van der Waals surface area contributed by atoms with Crippen LogP contribution >= 0.6 is 11.6 Å². The molecule has 0 heterocycles. The zero-order valence-electron chi connectivity index (χ0n) is 18.0. The van der Waals surface area contributed by atoms with Gasteiger partial charge in [0, 0.05) is 29.2 Å². The number of nitrogens with one attached hydrogen (secondary N) is 2. The average Bonchev–Trinajstić information content (AvgIpc) is 2.82. The lowest BCUT2D eigenvalue weighted by atomic mass is 10.1. The van der Waals surface area contributed by atoms with Crippen LogP contribution in [0.3, 0.4) is 0 Å². The molecule has 0 bridgehead atoms. The van der Waals surface area contributed by atoms with Crippen LogP contribution < -0.4 is 20.1 Å². The summed E-state index contributed by atoms with van der Waals surface area (Å²) in [5.41, 5.74) is 2.80. The maximum Gasteiger partial charge on any atom is 0.251 e. The fourth-order valence-corrected chi connectivity index (χ4v) is 3.17. The van der Waals surface area contributed by atoms with Gasteiger partial charge in [-0.3, -0.25) is 9.59 Å². The predicted octanol–water partition coefficient (Wildman–Crippen LogP) is 4.61. The van der Waals surface area contributed by atoms with E-state index < -0.39 is 0 Å². The van der Waals surface area contributed by atoms with E-state index in [4.69, 9.17) is 21.1 Å². The van der Waals surface area contributed by atoms with Crippen molar-refractivity contribution in [2.45, 2.75) is 20.1 Å². The molecule has 0 radical (unpaired) electrons. The summed E-state index contributed by atoms with van der Waals surface area (Å²) in [6.45, 7) is 3.06. The normalized spacial score (nSPS) is 10.3. The summed E-state index contributed by atoms with van der Waals surface area (Å²) < 4.78 is 11.2. The number of hydrogen-bond acceptors (Lipinski definition) is 4. The van der Waals surface area contributed by atoms with Crippen molar-refractivity contribution in [2.24, 2.45) is 0 Å². The smallest absolute Gasteiger partial charge is 0.251 e. The van der Waals surface area contributed by atoms with Gasteiger partial charge in [0.25, 0.3) is 11.8 Å². The van der Waals surface area contributed by atoms with Crippen LogP contribution in [0, 0.1) is 0 Å². The third-order valence-corrected chi connectivity index (χ3v) is 4.96. The van der Waals surface area contributed by atoms with E-state index in [1.165, 1.54) is 7.11 Å². The Kier molecular flexibility index (Phi) is 8.11. The van der Waals surface area contributed by atoms with E-state index in [2.05, 4.69) is 10.6 Å². The Labute approximate surface area is 192 Å². The molecule has 0 unspecified atom stereocenters. The van der Waals surface area contributed by atoms with Crippen LogP contribution in [0.15, 0.2) is 66.7 Å². The summed E-state index contributed by atoms with van der Waals surface area (Å²) in [6.07, 6.45) is 0. The highest BCUT2D eigenvalue weighted by molar-refractivity contribution is 6.30. The molecule has 0 fully saturated rings. The second-order valence-electron chi connectivity index (χ2n) is 7.02. The number of amides is 2. The molecule has 6 nitrogen and oxygen atoms in total. The average molecular weight is 453 g/mol. The number of ether oxygens (including phenoxy) is 2. The lowest BCUT2D eigenvalue weighted by molar-refractivity contribution is 0.0946. The molecule has 0 atom stereocenters. The Bertz CT molecular complexity index is 1080. The van der Waals surface area contributed by atoms with E-state index in [0.717, 1.165) is 11.1 Å². The molecule has 0 saturated carbocycles. The van der Waals surface area contributed by atoms with Crippen LogP contribution in [0.2, 0.25) is 5.02 Å². The molecule has 2 amide bonds. The SMILES string of the molecule is CCNC(=O)c1cccc(CNC(=O)c2ccc(OCc3ccc(Cl)cc3)c(OC)c2)c1. The molecule has 3 rings (SSSR count). The van der Waals surface area contributed by atoms with Crippen molar-refractivity contribution in [3.05, 3.63) is 94.0 Å². The lowest BCUT2D eigenvalue weighted by Crippen LogP contribution is -2.24. The van der Waals surface area contributed by atoms with E-state index >= 15 is 0 Å². The molecular formula is C25H25ClN2O4. The Morgan fingerprint density at radius 3 is 2.28 bits per heavy atom. The minimum atomic E-state index is -0.254. The molecule has 0 aromatic heterocycles. The van der Waals surface area contributed by atoms with E-state index in [1.54, 1.807) is 48.5 Å². The van der Waals surface area contributed by atoms with Crippen molar-refractivity contribution in [1.82, 2.24) is 10.6 Å². The van der Waals surface area contributed by atoms with Gasteiger partial charge in [-0.05, 0) is 60.5 Å². The topological polar surface area (TPSA) is 76.7 Å². The number of carbonyl (C=O) groups excluding carboxylic acids is 2. The van der Waals surface area contributed by atoms with Crippen LogP contribution in [0.1, 0.15) is 38.8 Å². The molecule has 0 aliphatic carbocycles. The van der Waals surface area contributed by atoms with E-state index in [-0.39, 0.29) is 11.8 Å². The number of halogens is 1. The zero-order chi connectivity index (χ0) is 22.9. The Morgan fingerprint density at radius 1 is 0.844 bits per heavy atom. The molecule has 0 spiro atoms. The molecule has 7 heteroatoms. The number of methoxy groups -OCH3 is 1. The number of benzene rings is 3. The fourth-order valence-electron chi connectivity index (χ4n) is 3.04. The van der Waals surface area contributed by atoms with Crippen molar-refractivity contribution in [3.63, 3.8) is 0 Å². The van der Waals surface area contributed by atoms with E-state index in [9.17, 15) is 9.59 Å². The highest BCUT2D eigenvalue weighted by Gasteiger charge is 2.12. The van der Waals surface area contributed by atoms with Crippen LogP contribution in [0.4, 0.5) is 0 Å². The maximum atomic E-state index is 12.6. The Balaban J connectivity index is 1.62. The molecule has 0 aliphatic heterocycles. The van der Waals surface area contributed by atoms with Gasteiger partial charge in [-0.1, -0.05) is 35.9 Å². The molecule has 32 heavy (non-hydrogen) atoms. The van der Waals surface area contributed by atoms with Gasteiger partial charge in [-0.25, -0.2) is 0 Å².